The van der Waals surface area contributed by atoms with E-state index in [1.807, 2.05) is 19.9 Å². The van der Waals surface area contributed by atoms with Crippen molar-refractivity contribution in [3.8, 4) is 5.75 Å². The highest BCUT2D eigenvalue weighted by Crippen LogP contribution is 2.25. The molecule has 0 saturated heterocycles. The van der Waals surface area contributed by atoms with E-state index in [0.717, 1.165) is 5.56 Å². The van der Waals surface area contributed by atoms with Crippen molar-refractivity contribution in [1.82, 2.24) is 0 Å². The summed E-state index contributed by atoms with van der Waals surface area (Å²) in [6.45, 7) is 8.22. The summed E-state index contributed by atoms with van der Waals surface area (Å²) in [5.41, 5.74) is 3.36. The summed E-state index contributed by atoms with van der Waals surface area (Å²) in [5, 5.41) is 9.53. The maximum Gasteiger partial charge on any atom is 0.119 e. The monoisotopic (exact) mass is 164 g/mol. The Morgan fingerprint density at radius 3 is 2.17 bits per heavy atom. The van der Waals surface area contributed by atoms with Gasteiger partial charge >= 0.3 is 0 Å². The molecular formula is C11H16O. The largest absolute Gasteiger partial charge is 0.508 e. The van der Waals surface area contributed by atoms with Crippen LogP contribution in [0.2, 0.25) is 0 Å². The standard InChI is InChI=1S/C11H16O/c1-7(2)10-5-8(3)9(4)11(12)6-10/h5-7,12H,1-4H3. The summed E-state index contributed by atoms with van der Waals surface area (Å²) in [6, 6.07) is 3.99. The Labute approximate surface area is 74.1 Å². The van der Waals surface area contributed by atoms with E-state index < -0.39 is 0 Å². The van der Waals surface area contributed by atoms with Crippen molar-refractivity contribution < 1.29 is 5.11 Å². The van der Waals surface area contributed by atoms with E-state index in [1.54, 1.807) is 0 Å². The predicted octanol–water partition coefficient (Wildman–Crippen LogP) is 3.13. The molecule has 0 aromatic heterocycles. The van der Waals surface area contributed by atoms with Gasteiger partial charge in [0.15, 0.2) is 0 Å². The molecule has 1 aromatic rings. The molecule has 0 aliphatic rings. The molecule has 0 spiro atoms. The van der Waals surface area contributed by atoms with Crippen LogP contribution < -0.4 is 0 Å². The number of hydrogen-bond acceptors (Lipinski definition) is 1. The van der Waals surface area contributed by atoms with Crippen LogP contribution in [-0.4, -0.2) is 5.11 Å². The Kier molecular flexibility index (Phi) is 2.41. The van der Waals surface area contributed by atoms with Gasteiger partial charge in [-0.2, -0.15) is 0 Å². The van der Waals surface area contributed by atoms with E-state index in [2.05, 4.69) is 19.9 Å². The molecule has 0 aliphatic carbocycles. The molecule has 1 heteroatoms. The molecular weight excluding hydrogens is 148 g/mol. The van der Waals surface area contributed by atoms with Crippen molar-refractivity contribution in [2.45, 2.75) is 33.6 Å². The molecule has 1 aromatic carbocycles. The van der Waals surface area contributed by atoms with Crippen LogP contribution in [0.1, 0.15) is 36.5 Å². The number of rotatable bonds is 1. The van der Waals surface area contributed by atoms with Crippen LogP contribution in [-0.2, 0) is 0 Å². The van der Waals surface area contributed by atoms with Gasteiger partial charge in [-0.3, -0.25) is 0 Å². The van der Waals surface area contributed by atoms with Gasteiger partial charge in [-0.15, -0.1) is 0 Å². The van der Waals surface area contributed by atoms with E-state index in [1.165, 1.54) is 11.1 Å². The highest BCUT2D eigenvalue weighted by Gasteiger charge is 2.05. The van der Waals surface area contributed by atoms with E-state index in [-0.39, 0.29) is 0 Å². The van der Waals surface area contributed by atoms with Gasteiger partial charge in [0.2, 0.25) is 0 Å². The fourth-order valence-corrected chi connectivity index (χ4v) is 1.20. The molecule has 1 N–H and O–H groups in total. The topological polar surface area (TPSA) is 20.2 Å². The molecule has 0 amide bonds. The van der Waals surface area contributed by atoms with Crippen molar-refractivity contribution in [2.24, 2.45) is 0 Å². The lowest BCUT2D eigenvalue weighted by Gasteiger charge is -2.10. The van der Waals surface area contributed by atoms with Crippen LogP contribution in [0.5, 0.6) is 5.75 Å². The third-order valence-corrected chi connectivity index (χ3v) is 2.33. The zero-order valence-electron chi connectivity index (χ0n) is 8.18. The number of phenolic OH excluding ortho intramolecular Hbond substituents is 1. The van der Waals surface area contributed by atoms with Gasteiger partial charge in [0.1, 0.15) is 5.75 Å². The second kappa shape index (κ2) is 3.18. The van der Waals surface area contributed by atoms with Crippen LogP contribution >= 0.6 is 0 Å². The first-order chi connectivity index (χ1) is 5.52. The predicted molar refractivity (Wildman–Crippen MR) is 51.7 cm³/mol. The fraction of sp³-hybridized carbons (Fsp3) is 0.455. The molecule has 0 heterocycles. The first kappa shape index (κ1) is 9.11. The first-order valence-electron chi connectivity index (χ1n) is 4.32. The summed E-state index contributed by atoms with van der Waals surface area (Å²) in [7, 11) is 0. The lowest BCUT2D eigenvalue weighted by atomic mass is 9.98. The van der Waals surface area contributed by atoms with Gasteiger partial charge in [0.25, 0.3) is 0 Å². The first-order valence-corrected chi connectivity index (χ1v) is 4.32. The smallest absolute Gasteiger partial charge is 0.119 e. The molecule has 0 bridgehead atoms. The molecule has 0 radical (unpaired) electrons. The van der Waals surface area contributed by atoms with E-state index in [9.17, 15) is 5.11 Å². The molecule has 0 unspecified atom stereocenters. The normalized spacial score (nSPS) is 10.8. The van der Waals surface area contributed by atoms with Crippen LogP contribution in [0.25, 0.3) is 0 Å². The zero-order valence-corrected chi connectivity index (χ0v) is 8.18. The van der Waals surface area contributed by atoms with Crippen LogP contribution in [0, 0.1) is 13.8 Å². The maximum atomic E-state index is 9.53. The lowest BCUT2D eigenvalue weighted by molar-refractivity contribution is 0.469. The summed E-state index contributed by atoms with van der Waals surface area (Å²) < 4.78 is 0. The Bertz CT molecular complexity index is 264. The number of benzene rings is 1. The van der Waals surface area contributed by atoms with Crippen LogP contribution in [0.4, 0.5) is 0 Å². The quantitative estimate of drug-likeness (QED) is 0.676. The van der Waals surface area contributed by atoms with E-state index in [0.29, 0.717) is 11.7 Å². The van der Waals surface area contributed by atoms with Gasteiger partial charge in [-0.25, -0.2) is 0 Å². The highest BCUT2D eigenvalue weighted by molar-refractivity contribution is 5.42. The molecule has 12 heavy (non-hydrogen) atoms. The van der Waals surface area contributed by atoms with Gasteiger partial charge in [0, 0.05) is 0 Å². The highest BCUT2D eigenvalue weighted by atomic mass is 16.3. The van der Waals surface area contributed by atoms with Gasteiger partial charge < -0.3 is 5.11 Å². The Balaban J connectivity index is 3.21. The van der Waals surface area contributed by atoms with E-state index >= 15 is 0 Å². The molecule has 0 fully saturated rings. The van der Waals surface area contributed by atoms with Gasteiger partial charge in [0.05, 0.1) is 0 Å². The maximum absolute atomic E-state index is 9.53. The average Bonchev–Trinajstić information content (AvgIpc) is 1.99. The summed E-state index contributed by atoms with van der Waals surface area (Å²) in [5.74, 6) is 0.897. The molecule has 0 atom stereocenters. The molecule has 1 rings (SSSR count). The van der Waals surface area contributed by atoms with Gasteiger partial charge in [-0.1, -0.05) is 19.9 Å². The number of phenols is 1. The van der Waals surface area contributed by atoms with Crippen molar-refractivity contribution in [2.75, 3.05) is 0 Å². The van der Waals surface area contributed by atoms with Crippen molar-refractivity contribution in [3.63, 3.8) is 0 Å². The Hall–Kier alpha value is -0.980. The second-order valence-electron chi connectivity index (χ2n) is 3.64. The average molecular weight is 164 g/mol. The number of hydrogen-bond donors (Lipinski definition) is 1. The number of aromatic hydroxyl groups is 1. The second-order valence-corrected chi connectivity index (χ2v) is 3.64. The Morgan fingerprint density at radius 1 is 1.17 bits per heavy atom. The molecule has 0 saturated carbocycles. The Morgan fingerprint density at radius 2 is 1.75 bits per heavy atom. The van der Waals surface area contributed by atoms with Crippen LogP contribution in [0.3, 0.4) is 0 Å². The minimum absolute atomic E-state index is 0.415. The third-order valence-electron chi connectivity index (χ3n) is 2.33. The molecule has 66 valence electrons. The minimum Gasteiger partial charge on any atom is -0.508 e. The van der Waals surface area contributed by atoms with Crippen molar-refractivity contribution in [3.05, 3.63) is 28.8 Å². The summed E-state index contributed by atoms with van der Waals surface area (Å²) in [4.78, 5) is 0. The van der Waals surface area contributed by atoms with E-state index in [4.69, 9.17) is 0 Å². The summed E-state index contributed by atoms with van der Waals surface area (Å²) in [6.07, 6.45) is 0. The van der Waals surface area contributed by atoms with Crippen molar-refractivity contribution >= 4 is 0 Å². The fourth-order valence-electron chi connectivity index (χ4n) is 1.20. The van der Waals surface area contributed by atoms with Crippen LogP contribution in [0.15, 0.2) is 12.1 Å². The lowest BCUT2D eigenvalue weighted by Crippen LogP contribution is -1.90. The minimum atomic E-state index is 0.415. The van der Waals surface area contributed by atoms with Gasteiger partial charge in [-0.05, 0) is 42.5 Å². The molecule has 1 nitrogen and oxygen atoms in total. The molecule has 0 aliphatic heterocycles. The third kappa shape index (κ3) is 1.60. The summed E-state index contributed by atoms with van der Waals surface area (Å²) >= 11 is 0. The van der Waals surface area contributed by atoms with Crippen molar-refractivity contribution in [1.29, 1.82) is 0 Å². The number of aryl methyl sites for hydroxylation is 1. The SMILES string of the molecule is Cc1cc(C(C)C)cc(O)c1C. The zero-order chi connectivity index (χ0) is 9.30.